The second-order valence-corrected chi connectivity index (χ2v) is 3.84. The van der Waals surface area contributed by atoms with Crippen LogP contribution in [0.15, 0.2) is 48.8 Å². The van der Waals surface area contributed by atoms with Gasteiger partial charge in [-0.1, -0.05) is 12.1 Å². The summed E-state index contributed by atoms with van der Waals surface area (Å²) in [4.78, 5) is 15.7. The van der Waals surface area contributed by atoms with Crippen molar-refractivity contribution in [1.82, 2.24) is 4.98 Å². The average molecular weight is 255 g/mol. The Balaban J connectivity index is 2.22. The number of allylic oxidation sites excluding steroid dienone is 1. The molecular weight excluding hydrogens is 242 g/mol. The second-order valence-electron chi connectivity index (χ2n) is 3.84. The third kappa shape index (κ3) is 2.98. The molecule has 1 aromatic heterocycles. The molecule has 0 radical (unpaired) electrons. The van der Waals surface area contributed by atoms with Crippen molar-refractivity contribution in [2.24, 2.45) is 0 Å². The summed E-state index contributed by atoms with van der Waals surface area (Å²) < 4.78 is 5.00. The van der Waals surface area contributed by atoms with Crippen LogP contribution in [0.1, 0.15) is 15.9 Å². The molecule has 1 heterocycles. The summed E-state index contributed by atoms with van der Waals surface area (Å²) in [6.45, 7) is 0. The van der Waals surface area contributed by atoms with Gasteiger partial charge in [-0.25, -0.2) is 0 Å². The van der Waals surface area contributed by atoms with Gasteiger partial charge in [0.2, 0.25) is 0 Å². The van der Waals surface area contributed by atoms with Gasteiger partial charge in [0, 0.05) is 23.5 Å². The van der Waals surface area contributed by atoms with Crippen LogP contribution in [0, 0.1) is 0 Å². The second kappa shape index (κ2) is 5.82. The normalized spacial score (nSPS) is 10.6. The van der Waals surface area contributed by atoms with E-state index in [1.54, 1.807) is 42.6 Å². The molecule has 4 heteroatoms. The molecule has 0 amide bonds. The number of benzene rings is 1. The summed E-state index contributed by atoms with van der Waals surface area (Å²) in [5, 5.41) is 9.87. The van der Waals surface area contributed by atoms with E-state index in [0.717, 1.165) is 0 Å². The van der Waals surface area contributed by atoms with Crippen LogP contribution in [0.4, 0.5) is 0 Å². The van der Waals surface area contributed by atoms with Crippen LogP contribution in [-0.4, -0.2) is 23.0 Å². The Morgan fingerprint density at radius 2 is 2.16 bits per heavy atom. The number of phenolic OH excluding ortho intramolecular Hbond substituents is 1. The van der Waals surface area contributed by atoms with Gasteiger partial charge in [-0.05, 0) is 30.4 Å². The highest BCUT2D eigenvalue weighted by Gasteiger charge is 2.05. The zero-order valence-corrected chi connectivity index (χ0v) is 10.4. The number of aromatic nitrogens is 1. The van der Waals surface area contributed by atoms with Crippen LogP contribution in [0.25, 0.3) is 6.08 Å². The van der Waals surface area contributed by atoms with Crippen LogP contribution in [0.2, 0.25) is 0 Å². The lowest BCUT2D eigenvalue weighted by Gasteiger charge is -2.05. The molecule has 19 heavy (non-hydrogen) atoms. The summed E-state index contributed by atoms with van der Waals surface area (Å²) in [6, 6.07) is 8.47. The highest BCUT2D eigenvalue weighted by Crippen LogP contribution is 2.30. The number of ether oxygens (including phenoxy) is 1. The van der Waals surface area contributed by atoms with E-state index in [-0.39, 0.29) is 11.5 Å². The molecule has 4 nitrogen and oxygen atoms in total. The third-order valence-electron chi connectivity index (χ3n) is 2.61. The molecule has 0 unspecified atom stereocenters. The quantitative estimate of drug-likeness (QED) is 0.674. The number of pyridine rings is 1. The topological polar surface area (TPSA) is 59.4 Å². The summed E-state index contributed by atoms with van der Waals surface area (Å²) in [5.74, 6) is 0.214. The number of carbonyl (C=O) groups is 1. The van der Waals surface area contributed by atoms with Gasteiger partial charge in [0.1, 0.15) is 0 Å². The van der Waals surface area contributed by atoms with Gasteiger partial charge < -0.3 is 9.84 Å². The van der Waals surface area contributed by atoms with E-state index in [2.05, 4.69) is 4.98 Å². The first-order valence-electron chi connectivity index (χ1n) is 5.71. The Morgan fingerprint density at radius 1 is 1.32 bits per heavy atom. The minimum atomic E-state index is -0.171. The minimum Gasteiger partial charge on any atom is -0.504 e. The molecule has 0 saturated carbocycles. The number of para-hydroxylation sites is 1. The predicted molar refractivity (Wildman–Crippen MR) is 72.3 cm³/mol. The SMILES string of the molecule is COc1cccc(/C=C/C(=O)c2cccnc2)c1O. The van der Waals surface area contributed by atoms with Crippen molar-refractivity contribution in [3.63, 3.8) is 0 Å². The fourth-order valence-corrected chi connectivity index (χ4v) is 1.61. The Labute approximate surface area is 111 Å². The maximum atomic E-state index is 11.8. The van der Waals surface area contributed by atoms with E-state index in [4.69, 9.17) is 4.74 Å². The lowest BCUT2D eigenvalue weighted by molar-refractivity contribution is 0.104. The van der Waals surface area contributed by atoms with Crippen LogP contribution in [0.3, 0.4) is 0 Å². The van der Waals surface area contributed by atoms with Crippen LogP contribution < -0.4 is 4.74 Å². The van der Waals surface area contributed by atoms with Gasteiger partial charge in [-0.2, -0.15) is 0 Å². The number of ketones is 1. The van der Waals surface area contributed by atoms with Gasteiger partial charge in [0.25, 0.3) is 0 Å². The lowest BCUT2D eigenvalue weighted by Crippen LogP contribution is -1.94. The van der Waals surface area contributed by atoms with Crippen molar-refractivity contribution >= 4 is 11.9 Å². The average Bonchev–Trinajstić information content (AvgIpc) is 2.47. The lowest BCUT2D eigenvalue weighted by atomic mass is 10.1. The van der Waals surface area contributed by atoms with Crippen molar-refractivity contribution in [2.75, 3.05) is 7.11 Å². The summed E-state index contributed by atoms with van der Waals surface area (Å²) in [6.07, 6.45) is 6.05. The maximum absolute atomic E-state index is 11.8. The molecule has 1 aromatic carbocycles. The van der Waals surface area contributed by atoms with Crippen molar-refractivity contribution < 1.29 is 14.6 Å². The Kier molecular flexibility index (Phi) is 3.93. The van der Waals surface area contributed by atoms with Gasteiger partial charge in [-0.15, -0.1) is 0 Å². The molecule has 0 spiro atoms. The zero-order chi connectivity index (χ0) is 13.7. The van der Waals surface area contributed by atoms with E-state index in [0.29, 0.717) is 16.9 Å². The van der Waals surface area contributed by atoms with E-state index in [9.17, 15) is 9.90 Å². The number of methoxy groups -OCH3 is 1. The number of carbonyl (C=O) groups excluding carboxylic acids is 1. The van der Waals surface area contributed by atoms with E-state index in [1.807, 2.05) is 0 Å². The van der Waals surface area contributed by atoms with Gasteiger partial charge in [-0.3, -0.25) is 9.78 Å². The largest absolute Gasteiger partial charge is 0.504 e. The molecule has 0 saturated heterocycles. The van der Waals surface area contributed by atoms with Crippen molar-refractivity contribution in [2.45, 2.75) is 0 Å². The maximum Gasteiger partial charge on any atom is 0.187 e. The highest BCUT2D eigenvalue weighted by atomic mass is 16.5. The molecule has 0 atom stereocenters. The summed E-state index contributed by atoms with van der Waals surface area (Å²) >= 11 is 0. The Hall–Kier alpha value is -2.62. The molecule has 2 aromatic rings. The Bertz CT molecular complexity index is 606. The molecule has 96 valence electrons. The van der Waals surface area contributed by atoms with Crippen molar-refractivity contribution in [3.05, 3.63) is 59.9 Å². The monoisotopic (exact) mass is 255 g/mol. The fourth-order valence-electron chi connectivity index (χ4n) is 1.61. The third-order valence-corrected chi connectivity index (χ3v) is 2.61. The minimum absolute atomic E-state index is 0.0141. The van der Waals surface area contributed by atoms with E-state index >= 15 is 0 Å². The van der Waals surface area contributed by atoms with Crippen LogP contribution in [0.5, 0.6) is 11.5 Å². The van der Waals surface area contributed by atoms with Crippen LogP contribution in [-0.2, 0) is 0 Å². The number of aromatic hydroxyl groups is 1. The number of hydrogen-bond acceptors (Lipinski definition) is 4. The fraction of sp³-hybridized carbons (Fsp3) is 0.0667. The van der Waals surface area contributed by atoms with Gasteiger partial charge in [0.05, 0.1) is 7.11 Å². The van der Waals surface area contributed by atoms with Gasteiger partial charge >= 0.3 is 0 Å². The smallest absolute Gasteiger partial charge is 0.187 e. The van der Waals surface area contributed by atoms with Crippen molar-refractivity contribution in [1.29, 1.82) is 0 Å². The first-order chi connectivity index (χ1) is 9.22. The predicted octanol–water partition coefficient (Wildman–Crippen LogP) is 2.69. The summed E-state index contributed by atoms with van der Waals surface area (Å²) in [7, 11) is 1.48. The standard InChI is InChI=1S/C15H13NO3/c1-19-14-6-2-4-11(15(14)18)7-8-13(17)12-5-3-9-16-10-12/h2-10,18H,1H3/b8-7+. The summed E-state index contributed by atoms with van der Waals surface area (Å²) in [5.41, 5.74) is 1.03. The van der Waals surface area contributed by atoms with E-state index in [1.165, 1.54) is 19.4 Å². The van der Waals surface area contributed by atoms with E-state index < -0.39 is 0 Å². The Morgan fingerprint density at radius 3 is 2.84 bits per heavy atom. The first-order valence-corrected chi connectivity index (χ1v) is 5.71. The van der Waals surface area contributed by atoms with Crippen LogP contribution >= 0.6 is 0 Å². The van der Waals surface area contributed by atoms with Crippen molar-refractivity contribution in [3.8, 4) is 11.5 Å². The van der Waals surface area contributed by atoms with Gasteiger partial charge in [0.15, 0.2) is 17.3 Å². The number of phenols is 1. The molecule has 0 aliphatic carbocycles. The number of rotatable bonds is 4. The molecule has 2 rings (SSSR count). The molecule has 0 aliphatic rings. The molecule has 0 fully saturated rings. The number of nitrogens with zero attached hydrogens (tertiary/aromatic N) is 1. The number of hydrogen-bond donors (Lipinski definition) is 1. The highest BCUT2D eigenvalue weighted by molar-refractivity contribution is 6.06. The first kappa shape index (κ1) is 12.8. The zero-order valence-electron chi connectivity index (χ0n) is 10.4. The molecular formula is C15H13NO3. The molecule has 1 N–H and O–H groups in total. The molecule has 0 bridgehead atoms. The molecule has 0 aliphatic heterocycles.